The second kappa shape index (κ2) is 8.17. The zero-order valence-electron chi connectivity index (χ0n) is 15.8. The molecule has 142 valence electrons. The van der Waals surface area contributed by atoms with Gasteiger partial charge in [0.2, 0.25) is 0 Å². The molecule has 0 saturated heterocycles. The molecule has 3 aromatic carbocycles. The number of halogens is 1. The van der Waals surface area contributed by atoms with Crippen molar-refractivity contribution in [1.82, 2.24) is 5.32 Å². The lowest BCUT2D eigenvalue weighted by Crippen LogP contribution is -2.33. The number of benzene rings is 3. The zero-order chi connectivity index (χ0) is 19.5. The van der Waals surface area contributed by atoms with Crippen molar-refractivity contribution < 1.29 is 5.11 Å². The molecule has 0 aromatic heterocycles. The first-order chi connectivity index (χ1) is 13.6. The smallest absolute Gasteiger partial charge is 0.126 e. The van der Waals surface area contributed by atoms with Crippen molar-refractivity contribution in [2.75, 3.05) is 0 Å². The number of phenols is 1. The first-order valence-electron chi connectivity index (χ1n) is 9.59. The summed E-state index contributed by atoms with van der Waals surface area (Å²) in [6, 6.07) is 23.8. The Labute approximate surface area is 170 Å². The Kier molecular flexibility index (Phi) is 5.47. The normalized spacial score (nSPS) is 19.3. The average Bonchev–Trinajstić information content (AvgIpc) is 2.74. The van der Waals surface area contributed by atoms with Gasteiger partial charge in [-0.15, -0.1) is 0 Å². The van der Waals surface area contributed by atoms with E-state index in [0.29, 0.717) is 17.2 Å². The highest BCUT2D eigenvalue weighted by Gasteiger charge is 2.27. The van der Waals surface area contributed by atoms with Crippen LogP contribution in [-0.2, 0) is 6.42 Å². The minimum absolute atomic E-state index is 0.0276. The number of nitrogens with zero attached hydrogens (tertiary/aromatic N) is 1. The summed E-state index contributed by atoms with van der Waals surface area (Å²) in [5.74, 6) is 0.303. The molecule has 0 spiro atoms. The molecule has 0 bridgehead atoms. The molecule has 1 heterocycles. The van der Waals surface area contributed by atoms with E-state index in [1.54, 1.807) is 6.07 Å². The molecule has 0 fully saturated rings. The van der Waals surface area contributed by atoms with Gasteiger partial charge in [0.1, 0.15) is 11.9 Å². The van der Waals surface area contributed by atoms with Gasteiger partial charge in [-0.05, 0) is 41.3 Å². The zero-order valence-corrected chi connectivity index (χ0v) is 16.5. The van der Waals surface area contributed by atoms with Crippen LogP contribution in [0.15, 0.2) is 77.8 Å². The topological polar surface area (TPSA) is 44.6 Å². The molecule has 4 rings (SSSR count). The summed E-state index contributed by atoms with van der Waals surface area (Å²) in [5.41, 5.74) is 5.41. The highest BCUT2D eigenvalue weighted by atomic mass is 35.5. The average molecular weight is 391 g/mol. The SMILES string of the molecule is CCc1ccc(C2=N[C@@H](c3ccc(Cl)cc3)N[C@@H](c3ccccc3O)C2)cc1. The van der Waals surface area contributed by atoms with Crippen LogP contribution >= 0.6 is 11.6 Å². The van der Waals surface area contributed by atoms with Crippen LogP contribution in [0.4, 0.5) is 0 Å². The second-order valence-corrected chi connectivity index (χ2v) is 7.50. The number of hydrogen-bond acceptors (Lipinski definition) is 3. The molecule has 1 aliphatic rings. The van der Waals surface area contributed by atoms with Gasteiger partial charge in [-0.25, -0.2) is 0 Å². The largest absolute Gasteiger partial charge is 0.508 e. The molecule has 28 heavy (non-hydrogen) atoms. The number of nitrogens with one attached hydrogen (secondary N) is 1. The van der Waals surface area contributed by atoms with Crippen LogP contribution in [0.5, 0.6) is 5.75 Å². The number of rotatable bonds is 4. The fourth-order valence-corrected chi connectivity index (χ4v) is 3.74. The van der Waals surface area contributed by atoms with E-state index in [9.17, 15) is 5.11 Å². The van der Waals surface area contributed by atoms with E-state index >= 15 is 0 Å². The molecule has 2 atom stereocenters. The Hall–Kier alpha value is -2.62. The summed E-state index contributed by atoms with van der Waals surface area (Å²) in [6.07, 6.45) is 1.53. The summed E-state index contributed by atoms with van der Waals surface area (Å²) < 4.78 is 0. The van der Waals surface area contributed by atoms with Gasteiger partial charge in [0.05, 0.1) is 0 Å². The maximum absolute atomic E-state index is 10.4. The van der Waals surface area contributed by atoms with Crippen molar-refractivity contribution in [2.45, 2.75) is 32.0 Å². The number of aryl methyl sites for hydroxylation is 1. The van der Waals surface area contributed by atoms with E-state index in [1.165, 1.54) is 5.56 Å². The number of para-hydroxylation sites is 1. The van der Waals surface area contributed by atoms with Crippen molar-refractivity contribution in [3.05, 3.63) is 100 Å². The minimum Gasteiger partial charge on any atom is -0.508 e. The molecule has 0 amide bonds. The van der Waals surface area contributed by atoms with Crippen LogP contribution in [0.2, 0.25) is 5.02 Å². The van der Waals surface area contributed by atoms with E-state index in [0.717, 1.165) is 28.8 Å². The first-order valence-corrected chi connectivity index (χ1v) is 9.97. The number of aliphatic imine (C=N–C) groups is 1. The van der Waals surface area contributed by atoms with Gasteiger partial charge in [0, 0.05) is 28.8 Å². The maximum Gasteiger partial charge on any atom is 0.126 e. The summed E-state index contributed by atoms with van der Waals surface area (Å²) in [6.45, 7) is 2.15. The Morgan fingerprint density at radius 3 is 2.39 bits per heavy atom. The van der Waals surface area contributed by atoms with E-state index in [-0.39, 0.29) is 12.2 Å². The molecular formula is C24H23ClN2O. The van der Waals surface area contributed by atoms with Gasteiger partial charge >= 0.3 is 0 Å². The maximum atomic E-state index is 10.4. The van der Waals surface area contributed by atoms with E-state index in [4.69, 9.17) is 16.6 Å². The van der Waals surface area contributed by atoms with E-state index in [2.05, 4.69) is 36.5 Å². The quantitative estimate of drug-likeness (QED) is 0.588. The van der Waals surface area contributed by atoms with Gasteiger partial charge in [-0.1, -0.05) is 73.1 Å². The van der Waals surface area contributed by atoms with E-state index < -0.39 is 0 Å². The summed E-state index contributed by atoms with van der Waals surface area (Å²) >= 11 is 6.06. The van der Waals surface area contributed by atoms with Crippen molar-refractivity contribution in [1.29, 1.82) is 0 Å². The molecule has 1 aliphatic heterocycles. The standard InChI is InChI=1S/C24H23ClN2O/c1-2-16-7-9-17(10-8-16)21-15-22(20-5-3-4-6-23(20)28)27-24(26-21)18-11-13-19(25)14-12-18/h3-14,22,24,27-28H,2,15H2,1H3/t22-,24-/m1/s1. The van der Waals surface area contributed by atoms with E-state index in [1.807, 2.05) is 42.5 Å². The predicted molar refractivity (Wildman–Crippen MR) is 115 cm³/mol. The number of hydrogen-bond donors (Lipinski definition) is 2. The fraction of sp³-hybridized carbons (Fsp3) is 0.208. The van der Waals surface area contributed by atoms with Crippen LogP contribution in [0.1, 0.15) is 47.8 Å². The van der Waals surface area contributed by atoms with Gasteiger partial charge in [0.15, 0.2) is 0 Å². The molecule has 4 heteroatoms. The third-order valence-corrected chi connectivity index (χ3v) is 5.49. The molecular weight excluding hydrogens is 368 g/mol. The lowest BCUT2D eigenvalue weighted by Gasteiger charge is -2.31. The summed E-state index contributed by atoms with van der Waals surface area (Å²) in [7, 11) is 0. The molecule has 0 radical (unpaired) electrons. The third kappa shape index (κ3) is 3.96. The molecule has 0 aliphatic carbocycles. The van der Waals surface area contributed by atoms with Crippen molar-refractivity contribution in [3.8, 4) is 5.75 Å². The summed E-state index contributed by atoms with van der Waals surface area (Å²) in [4.78, 5) is 4.99. The number of phenolic OH excluding ortho intramolecular Hbond substituents is 1. The highest BCUT2D eigenvalue weighted by Crippen LogP contribution is 2.34. The highest BCUT2D eigenvalue weighted by molar-refractivity contribution is 6.30. The molecule has 2 N–H and O–H groups in total. The second-order valence-electron chi connectivity index (χ2n) is 7.06. The molecule has 3 nitrogen and oxygen atoms in total. The van der Waals surface area contributed by atoms with Crippen LogP contribution < -0.4 is 5.32 Å². The van der Waals surface area contributed by atoms with Crippen LogP contribution in [0.3, 0.4) is 0 Å². The van der Waals surface area contributed by atoms with Crippen molar-refractivity contribution in [2.24, 2.45) is 4.99 Å². The van der Waals surface area contributed by atoms with Crippen LogP contribution in [-0.4, -0.2) is 10.8 Å². The third-order valence-electron chi connectivity index (χ3n) is 5.23. The lowest BCUT2D eigenvalue weighted by atomic mass is 9.93. The lowest BCUT2D eigenvalue weighted by molar-refractivity contribution is 0.413. The van der Waals surface area contributed by atoms with Crippen LogP contribution in [0, 0.1) is 0 Å². The molecule has 3 aromatic rings. The van der Waals surface area contributed by atoms with Gasteiger partial charge in [-0.2, -0.15) is 0 Å². The van der Waals surface area contributed by atoms with Crippen LogP contribution in [0.25, 0.3) is 0 Å². The fourth-order valence-electron chi connectivity index (χ4n) is 3.61. The Balaban J connectivity index is 1.73. The number of aromatic hydroxyl groups is 1. The Morgan fingerprint density at radius 1 is 1.00 bits per heavy atom. The molecule has 0 saturated carbocycles. The first kappa shape index (κ1) is 18.7. The predicted octanol–water partition coefficient (Wildman–Crippen LogP) is 5.83. The minimum atomic E-state index is -0.198. The van der Waals surface area contributed by atoms with Gasteiger partial charge < -0.3 is 5.11 Å². The van der Waals surface area contributed by atoms with Crippen molar-refractivity contribution >= 4 is 17.3 Å². The van der Waals surface area contributed by atoms with Crippen molar-refractivity contribution in [3.63, 3.8) is 0 Å². The summed E-state index contributed by atoms with van der Waals surface area (Å²) in [5, 5.41) is 14.7. The monoisotopic (exact) mass is 390 g/mol. The molecule has 0 unspecified atom stereocenters. The van der Waals surface area contributed by atoms with Gasteiger partial charge in [-0.3, -0.25) is 10.3 Å². The Morgan fingerprint density at radius 2 is 1.71 bits per heavy atom. The Bertz CT molecular complexity index is 980. The van der Waals surface area contributed by atoms with Gasteiger partial charge in [0.25, 0.3) is 0 Å².